The van der Waals surface area contributed by atoms with Crippen molar-refractivity contribution in [2.45, 2.75) is 419 Å². The molecule has 0 saturated heterocycles. The number of hydrogen-bond acceptors (Lipinski definition) is 16. The van der Waals surface area contributed by atoms with Crippen molar-refractivity contribution in [2.24, 2.45) is 0 Å². The zero-order valence-corrected chi connectivity index (χ0v) is 94.6. The van der Waals surface area contributed by atoms with E-state index in [2.05, 4.69) is 166 Å². The Labute approximate surface area is 840 Å². The Hall–Kier alpha value is -7.36. The fourth-order valence-corrected chi connectivity index (χ4v) is 13.0. The molecule has 0 saturated carbocycles. The molecule has 0 aromatic heterocycles. The van der Waals surface area contributed by atoms with Gasteiger partial charge >= 0.3 is 0 Å². The van der Waals surface area contributed by atoms with Crippen LogP contribution in [-0.4, -0.2) is 81.7 Å². The van der Waals surface area contributed by atoms with Crippen LogP contribution in [0.5, 0.6) is 92.0 Å². The Bertz CT molecular complexity index is 4120. The maximum absolute atomic E-state index is 9.87. The van der Waals surface area contributed by atoms with Crippen molar-refractivity contribution in [3.05, 3.63) is 186 Å². The van der Waals surface area contributed by atoms with E-state index in [4.69, 9.17) is 0 Å². The molecular weight excluding hydrogens is 1820 g/mol. The summed E-state index contributed by atoms with van der Waals surface area (Å²) >= 11 is 0. The summed E-state index contributed by atoms with van der Waals surface area (Å²) in [7, 11) is 0. The molecule has 8 rings (SSSR count). The van der Waals surface area contributed by atoms with Crippen molar-refractivity contribution >= 4 is 0 Å². The van der Waals surface area contributed by atoms with Gasteiger partial charge in [0.1, 0.15) is 0 Å². The van der Waals surface area contributed by atoms with Gasteiger partial charge in [0.25, 0.3) is 0 Å². The van der Waals surface area contributed by atoms with Gasteiger partial charge in [0.2, 0.25) is 0 Å². The predicted molar refractivity (Wildman–Crippen MR) is 537 cm³/mol. The van der Waals surface area contributed by atoms with E-state index in [1.807, 2.05) is 215 Å². The van der Waals surface area contributed by atoms with E-state index in [9.17, 15) is 81.7 Å². The first kappa shape index (κ1) is 131. The number of phenols is 16. The molecule has 16 nitrogen and oxygen atoms in total. The first-order valence-corrected chi connectivity index (χ1v) is 44.8. The van der Waals surface area contributed by atoms with Gasteiger partial charge in [-0.3, -0.25) is 0 Å². The maximum Gasteiger partial charge on any atom is 0.161 e. The van der Waals surface area contributed by atoms with Crippen LogP contribution in [0.15, 0.2) is 97.1 Å². The number of benzene rings is 8. The minimum absolute atomic E-state index is 0. The second-order valence-electron chi connectivity index (χ2n) is 51.1. The van der Waals surface area contributed by atoms with Gasteiger partial charge in [-0.15, -0.1) is 0 Å². The van der Waals surface area contributed by atoms with E-state index in [1.54, 1.807) is 48.5 Å². The molecule has 132 heavy (non-hydrogen) atoms. The van der Waals surface area contributed by atoms with Crippen molar-refractivity contribution in [3.8, 4) is 92.0 Å². The van der Waals surface area contributed by atoms with Crippen LogP contribution in [-0.2, 0) is 155 Å². The topological polar surface area (TPSA) is 324 Å². The van der Waals surface area contributed by atoms with Gasteiger partial charge in [-0.25, -0.2) is 0 Å². The van der Waals surface area contributed by atoms with Crippen LogP contribution in [0.25, 0.3) is 0 Å². The minimum atomic E-state index is -0.178. The Morgan fingerprint density at radius 3 is 0.212 bits per heavy atom. The quantitative estimate of drug-likeness (QED) is 0.0495. The van der Waals surface area contributed by atoms with Gasteiger partial charge in [-0.1, -0.05) is 381 Å². The minimum Gasteiger partial charge on any atom is -0.504 e. The van der Waals surface area contributed by atoms with Crippen molar-refractivity contribution in [2.75, 3.05) is 0 Å². The Kier molecular flexibility index (Phi) is 45.8. The summed E-state index contributed by atoms with van der Waals surface area (Å²) in [6.45, 7) is 98.6. The molecular formula is C112H176Mn4O16. The van der Waals surface area contributed by atoms with E-state index >= 15 is 0 Å². The van der Waals surface area contributed by atoms with Crippen molar-refractivity contribution < 1.29 is 150 Å². The zero-order valence-electron chi connectivity index (χ0n) is 89.9. The normalized spacial score (nSPS) is 12.5. The third-order valence-electron chi connectivity index (χ3n) is 22.1. The van der Waals surface area contributed by atoms with Gasteiger partial charge in [0.15, 0.2) is 92.0 Å². The van der Waals surface area contributed by atoms with Crippen LogP contribution in [0.3, 0.4) is 0 Å². The molecule has 0 bridgehead atoms. The number of hydrogen-bond donors (Lipinski definition) is 16. The molecule has 8 aromatic rings. The number of aromatic hydroxyl groups is 16. The van der Waals surface area contributed by atoms with E-state index in [0.29, 0.717) is 0 Å². The van der Waals surface area contributed by atoms with Gasteiger partial charge in [-0.2, -0.15) is 0 Å². The molecule has 0 amide bonds. The molecule has 16 N–H and O–H groups in total. The summed E-state index contributed by atoms with van der Waals surface area (Å²) in [6.07, 6.45) is 0. The summed E-state index contributed by atoms with van der Waals surface area (Å²) in [5.74, 6) is -0.238. The van der Waals surface area contributed by atoms with Crippen LogP contribution >= 0.6 is 0 Å². The van der Waals surface area contributed by atoms with Crippen molar-refractivity contribution in [1.29, 1.82) is 0 Å². The van der Waals surface area contributed by atoms with E-state index in [0.717, 1.165) is 89.0 Å². The van der Waals surface area contributed by atoms with Crippen LogP contribution in [0.4, 0.5) is 0 Å². The average molecular weight is 2000 g/mol. The van der Waals surface area contributed by atoms with Gasteiger partial charge in [-0.05, 0) is 180 Å². The van der Waals surface area contributed by atoms with Gasteiger partial charge < -0.3 is 81.7 Å². The first-order valence-electron chi connectivity index (χ1n) is 44.8. The molecule has 748 valence electrons. The fourth-order valence-electron chi connectivity index (χ4n) is 13.0. The molecule has 0 spiro atoms. The Morgan fingerprint density at radius 2 is 0.167 bits per heavy atom. The van der Waals surface area contributed by atoms with E-state index < -0.39 is 0 Å². The number of rotatable bonds is 0. The maximum atomic E-state index is 9.87. The Balaban J connectivity index is -0.000000706. The first-order chi connectivity index (χ1) is 56.3. The second kappa shape index (κ2) is 46.2. The standard InChI is InChI=1S/8C14H22O2.4Mn/c8*1-13(2,3)9-7-10(14(4,5)6)12(16)11(15)8-9;;;;/h8*7-8,15-16H,1-6H3;;;;. The summed E-state index contributed by atoms with van der Waals surface area (Å²) < 4.78 is 0. The van der Waals surface area contributed by atoms with Crippen molar-refractivity contribution in [3.63, 3.8) is 0 Å². The Morgan fingerprint density at radius 1 is 0.106 bits per heavy atom. The second-order valence-corrected chi connectivity index (χ2v) is 51.1. The van der Waals surface area contributed by atoms with Crippen molar-refractivity contribution in [1.82, 2.24) is 0 Å². The molecule has 0 aliphatic carbocycles. The monoisotopic (exact) mass is 2000 g/mol. The smallest absolute Gasteiger partial charge is 0.161 e. The third-order valence-corrected chi connectivity index (χ3v) is 22.1. The van der Waals surface area contributed by atoms with Crippen LogP contribution < -0.4 is 0 Å². The zero-order chi connectivity index (χ0) is 102. The third kappa shape index (κ3) is 38.7. The summed E-state index contributed by atoms with van der Waals surface area (Å²) in [5, 5.41) is 157. The summed E-state index contributed by atoms with van der Waals surface area (Å²) in [5.41, 5.74) is 12.9. The largest absolute Gasteiger partial charge is 0.504 e. The number of phenolic OH excluding ortho intramolecular Hbond substituents is 16. The molecule has 8 aromatic carbocycles. The molecule has 0 atom stereocenters. The van der Waals surface area contributed by atoms with E-state index in [-0.39, 0.29) is 247 Å². The molecule has 0 fully saturated rings. The SMILES string of the molecule is CC(C)(C)c1cc(O)c(O)c(C(C)(C)C)c1.CC(C)(C)c1cc(O)c(O)c(C(C)(C)C)c1.CC(C)(C)c1cc(O)c(O)c(C(C)(C)C)c1.CC(C)(C)c1cc(O)c(O)c(C(C)(C)C)c1.CC(C)(C)c1cc(O)c(O)c(C(C)(C)C)c1.CC(C)(C)c1cc(O)c(O)c(C(C)(C)C)c1.CC(C)(C)c1cc(O)c(O)c(C(C)(C)C)c1.CC(C)(C)c1cc(O)c(O)c(C(C)(C)C)c1.[Mn].[Mn].[Mn].[Mn]. The van der Waals surface area contributed by atoms with E-state index in [1.165, 1.54) is 0 Å². The molecule has 20 heteroatoms. The van der Waals surface area contributed by atoms with Gasteiger partial charge in [0, 0.05) is 113 Å². The predicted octanol–water partition coefficient (Wildman–Crippen LogP) is 29.5. The average Bonchev–Trinajstić information content (AvgIpc) is 0.835. The summed E-state index contributed by atoms with van der Waals surface area (Å²) in [4.78, 5) is 0. The van der Waals surface area contributed by atoms with Crippen LogP contribution in [0.1, 0.15) is 421 Å². The molecule has 0 aliphatic heterocycles. The fraction of sp³-hybridized carbons (Fsp3) is 0.571. The molecule has 0 unspecified atom stereocenters. The van der Waals surface area contributed by atoms with Crippen LogP contribution in [0.2, 0.25) is 0 Å². The van der Waals surface area contributed by atoms with Gasteiger partial charge in [0.05, 0.1) is 0 Å². The molecule has 0 aliphatic rings. The molecule has 4 radical (unpaired) electrons. The van der Waals surface area contributed by atoms with Crippen LogP contribution in [0, 0.1) is 0 Å². The molecule has 0 heterocycles. The summed E-state index contributed by atoms with van der Waals surface area (Å²) in [6, 6.07) is 29.0.